The Morgan fingerprint density at radius 1 is 0.914 bits per heavy atom. The quantitative estimate of drug-likeness (QED) is 0.565. The summed E-state index contributed by atoms with van der Waals surface area (Å²) in [5, 5.41) is 2.93. The minimum atomic E-state index is -3.84. The van der Waals surface area contributed by atoms with Gasteiger partial charge in [0.2, 0.25) is 0 Å². The van der Waals surface area contributed by atoms with Crippen molar-refractivity contribution in [3.8, 4) is 0 Å². The molecule has 0 unspecified atom stereocenters. The number of nitrogens with zero attached hydrogens (tertiary/aromatic N) is 2. The molecule has 9 heteroatoms. The molecular weight excluding hydrogens is 469 g/mol. The standard InChI is InChI=1S/C26H26FN3O4S/c1-29(23-7-3-2-4-8-23)35(33,34)24-9-5-6-20(18-24)26(32)30-16-14-22(15-17-30)28-25(31)19-10-12-21(27)13-11-19/h2-13,18,22H,14-17H2,1H3,(H,28,31). The van der Waals surface area contributed by atoms with E-state index in [1.54, 1.807) is 47.4 Å². The fraction of sp³-hybridized carbons (Fsp3) is 0.231. The van der Waals surface area contributed by atoms with Crippen LogP contribution in [-0.2, 0) is 10.0 Å². The van der Waals surface area contributed by atoms with Gasteiger partial charge in [0, 0.05) is 37.3 Å². The van der Waals surface area contributed by atoms with E-state index < -0.39 is 15.8 Å². The smallest absolute Gasteiger partial charge is 0.264 e. The summed E-state index contributed by atoms with van der Waals surface area (Å²) < 4.78 is 40.5. The molecule has 1 aliphatic heterocycles. The van der Waals surface area contributed by atoms with Crippen molar-refractivity contribution in [1.29, 1.82) is 0 Å². The third-order valence-electron chi connectivity index (χ3n) is 6.08. The van der Waals surface area contributed by atoms with E-state index >= 15 is 0 Å². The molecule has 0 spiro atoms. The van der Waals surface area contributed by atoms with Crippen molar-refractivity contribution < 1.29 is 22.4 Å². The number of rotatable bonds is 6. The molecule has 1 N–H and O–H groups in total. The van der Waals surface area contributed by atoms with Crippen LogP contribution in [-0.4, -0.2) is 51.3 Å². The molecule has 1 fully saturated rings. The molecule has 0 saturated carbocycles. The van der Waals surface area contributed by atoms with Gasteiger partial charge in [-0.25, -0.2) is 12.8 Å². The lowest BCUT2D eigenvalue weighted by Gasteiger charge is -2.32. The Morgan fingerprint density at radius 3 is 2.23 bits per heavy atom. The second-order valence-corrected chi connectivity index (χ2v) is 10.4. The number of carbonyl (C=O) groups is 2. The summed E-state index contributed by atoms with van der Waals surface area (Å²) in [4.78, 5) is 27.2. The molecule has 7 nitrogen and oxygen atoms in total. The van der Waals surface area contributed by atoms with Gasteiger partial charge in [0.05, 0.1) is 10.6 Å². The average molecular weight is 496 g/mol. The van der Waals surface area contributed by atoms with Crippen molar-refractivity contribution in [3.05, 3.63) is 95.8 Å². The number of nitrogens with one attached hydrogen (secondary N) is 1. The Labute approximate surface area is 204 Å². The maximum atomic E-state index is 13.1. The molecule has 0 radical (unpaired) electrons. The van der Waals surface area contributed by atoms with Gasteiger partial charge in [-0.2, -0.15) is 0 Å². The molecule has 0 atom stereocenters. The fourth-order valence-electron chi connectivity index (χ4n) is 4.00. The van der Waals surface area contributed by atoms with Crippen LogP contribution in [0.2, 0.25) is 0 Å². The topological polar surface area (TPSA) is 86.8 Å². The maximum Gasteiger partial charge on any atom is 0.264 e. The first-order chi connectivity index (χ1) is 16.8. The number of hydrogen-bond acceptors (Lipinski definition) is 4. The van der Waals surface area contributed by atoms with Gasteiger partial charge in [-0.3, -0.25) is 13.9 Å². The number of hydrogen-bond donors (Lipinski definition) is 1. The van der Waals surface area contributed by atoms with E-state index in [1.165, 1.54) is 47.8 Å². The van der Waals surface area contributed by atoms with Crippen LogP contribution in [0.5, 0.6) is 0 Å². The van der Waals surface area contributed by atoms with E-state index in [2.05, 4.69) is 5.32 Å². The SMILES string of the molecule is CN(c1ccccc1)S(=O)(=O)c1cccc(C(=O)N2CCC(NC(=O)c3ccc(F)cc3)CC2)c1. The number of piperidine rings is 1. The maximum absolute atomic E-state index is 13.1. The van der Waals surface area contributed by atoms with Crippen LogP contribution in [0.25, 0.3) is 0 Å². The van der Waals surface area contributed by atoms with Gasteiger partial charge < -0.3 is 10.2 Å². The number of para-hydroxylation sites is 1. The first-order valence-electron chi connectivity index (χ1n) is 11.3. The Morgan fingerprint density at radius 2 is 1.57 bits per heavy atom. The van der Waals surface area contributed by atoms with Crippen molar-refractivity contribution >= 4 is 27.5 Å². The van der Waals surface area contributed by atoms with Gasteiger partial charge in [0.15, 0.2) is 0 Å². The average Bonchev–Trinajstić information content (AvgIpc) is 2.89. The normalized spacial score (nSPS) is 14.4. The second kappa shape index (κ2) is 10.3. The summed E-state index contributed by atoms with van der Waals surface area (Å²) in [6.07, 6.45) is 1.13. The minimum absolute atomic E-state index is 0.0381. The Hall–Kier alpha value is -3.72. The lowest BCUT2D eigenvalue weighted by molar-refractivity contribution is 0.0698. The molecule has 1 saturated heterocycles. The van der Waals surface area contributed by atoms with Crippen LogP contribution >= 0.6 is 0 Å². The van der Waals surface area contributed by atoms with Gasteiger partial charge in [-0.05, 0) is 67.4 Å². The van der Waals surface area contributed by atoms with Crippen molar-refractivity contribution in [2.75, 3.05) is 24.4 Å². The predicted octanol–water partition coefficient (Wildman–Crippen LogP) is 3.69. The van der Waals surface area contributed by atoms with Gasteiger partial charge in [-0.15, -0.1) is 0 Å². The summed E-state index contributed by atoms with van der Waals surface area (Å²) >= 11 is 0. The fourth-order valence-corrected chi connectivity index (χ4v) is 5.25. The van der Waals surface area contributed by atoms with Crippen LogP contribution in [0.4, 0.5) is 10.1 Å². The number of likely N-dealkylation sites (tertiary alicyclic amines) is 1. The van der Waals surface area contributed by atoms with E-state index in [4.69, 9.17) is 0 Å². The highest BCUT2D eigenvalue weighted by atomic mass is 32.2. The van der Waals surface area contributed by atoms with E-state index in [0.29, 0.717) is 42.7 Å². The van der Waals surface area contributed by atoms with Crippen molar-refractivity contribution in [2.45, 2.75) is 23.8 Å². The lowest BCUT2D eigenvalue weighted by Crippen LogP contribution is -2.46. The molecular formula is C26H26FN3O4S. The van der Waals surface area contributed by atoms with Gasteiger partial charge in [0.1, 0.15) is 5.82 Å². The molecule has 1 aliphatic rings. The lowest BCUT2D eigenvalue weighted by atomic mass is 10.0. The van der Waals surface area contributed by atoms with E-state index in [0.717, 1.165) is 0 Å². The van der Waals surface area contributed by atoms with Crippen LogP contribution in [0.15, 0.2) is 83.8 Å². The molecule has 0 bridgehead atoms. The van der Waals surface area contributed by atoms with Crippen LogP contribution in [0, 0.1) is 5.82 Å². The van der Waals surface area contributed by atoms with Crippen molar-refractivity contribution in [3.63, 3.8) is 0 Å². The molecule has 4 rings (SSSR count). The summed E-state index contributed by atoms with van der Waals surface area (Å²) in [6, 6.07) is 20.0. The minimum Gasteiger partial charge on any atom is -0.349 e. The summed E-state index contributed by atoms with van der Waals surface area (Å²) in [6.45, 7) is 0.849. The Kier molecular flexibility index (Phi) is 7.16. The number of carbonyl (C=O) groups excluding carboxylic acids is 2. The zero-order chi connectivity index (χ0) is 25.0. The molecule has 182 valence electrons. The summed E-state index contributed by atoms with van der Waals surface area (Å²) in [7, 11) is -2.36. The van der Waals surface area contributed by atoms with Gasteiger partial charge in [-0.1, -0.05) is 24.3 Å². The van der Waals surface area contributed by atoms with E-state index in [-0.39, 0.29) is 22.8 Å². The first kappa shape index (κ1) is 24.4. The van der Waals surface area contributed by atoms with Gasteiger partial charge >= 0.3 is 0 Å². The zero-order valence-electron chi connectivity index (χ0n) is 19.2. The zero-order valence-corrected chi connectivity index (χ0v) is 20.0. The summed E-state index contributed by atoms with van der Waals surface area (Å²) in [5.41, 5.74) is 1.19. The predicted molar refractivity (Wildman–Crippen MR) is 131 cm³/mol. The van der Waals surface area contributed by atoms with Crippen molar-refractivity contribution in [2.24, 2.45) is 0 Å². The molecule has 0 aromatic heterocycles. The number of benzene rings is 3. The molecule has 1 heterocycles. The molecule has 2 amide bonds. The van der Waals surface area contributed by atoms with Gasteiger partial charge in [0.25, 0.3) is 21.8 Å². The first-order valence-corrected chi connectivity index (χ1v) is 12.7. The number of anilines is 1. The van der Waals surface area contributed by atoms with Crippen LogP contribution in [0.3, 0.4) is 0 Å². The third-order valence-corrected chi connectivity index (χ3v) is 7.86. The highest BCUT2D eigenvalue weighted by Gasteiger charge is 2.27. The molecule has 0 aliphatic carbocycles. The van der Waals surface area contributed by atoms with Crippen LogP contribution < -0.4 is 9.62 Å². The second-order valence-electron chi connectivity index (χ2n) is 8.38. The highest BCUT2D eigenvalue weighted by molar-refractivity contribution is 7.92. The number of sulfonamides is 1. The van der Waals surface area contributed by atoms with E-state index in [1.807, 2.05) is 0 Å². The molecule has 3 aromatic rings. The largest absolute Gasteiger partial charge is 0.349 e. The number of halogens is 1. The third kappa shape index (κ3) is 5.51. The Bertz CT molecular complexity index is 1310. The molecule has 3 aromatic carbocycles. The monoisotopic (exact) mass is 495 g/mol. The Balaban J connectivity index is 1.39. The van der Waals surface area contributed by atoms with E-state index in [9.17, 15) is 22.4 Å². The number of amides is 2. The van der Waals surface area contributed by atoms with Crippen molar-refractivity contribution in [1.82, 2.24) is 10.2 Å². The molecule has 35 heavy (non-hydrogen) atoms. The summed E-state index contributed by atoms with van der Waals surface area (Å²) in [5.74, 6) is -0.945. The highest BCUT2D eigenvalue weighted by Crippen LogP contribution is 2.23. The van der Waals surface area contributed by atoms with Crippen LogP contribution in [0.1, 0.15) is 33.6 Å².